The highest BCUT2D eigenvalue weighted by atomic mass is 16.6. The summed E-state index contributed by atoms with van der Waals surface area (Å²) in [6.07, 6.45) is 5.03. The van der Waals surface area contributed by atoms with E-state index < -0.39 is 0 Å². The first kappa shape index (κ1) is 33.3. The van der Waals surface area contributed by atoms with Crippen molar-refractivity contribution in [2.75, 3.05) is 0 Å². The Morgan fingerprint density at radius 1 is 0.667 bits per heavy atom. The van der Waals surface area contributed by atoms with Gasteiger partial charge in [-0.3, -0.25) is 4.99 Å². The normalized spacial score (nSPS) is 16.2. The average Bonchev–Trinajstić information content (AvgIpc) is 3.78. The van der Waals surface area contributed by atoms with E-state index >= 15 is 0 Å². The molecule has 6 aromatic rings. The second kappa shape index (κ2) is 14.4. The number of fused-ring (bicyclic) bond motifs is 7. The zero-order valence-corrected chi connectivity index (χ0v) is 30.2. The van der Waals surface area contributed by atoms with Crippen LogP contribution in [0.2, 0.25) is 0 Å². The van der Waals surface area contributed by atoms with Gasteiger partial charge in [-0.05, 0) is 94.8 Å². The quantitative estimate of drug-likeness (QED) is 0.135. The Labute approximate surface area is 316 Å². The van der Waals surface area contributed by atoms with E-state index in [-0.39, 0.29) is 6.10 Å². The third-order valence-corrected chi connectivity index (χ3v) is 10.5. The molecule has 0 amide bonds. The number of ether oxygens (including phenoxy) is 2. The van der Waals surface area contributed by atoms with E-state index in [1.54, 1.807) is 0 Å². The number of aryl methyl sites for hydroxylation is 1. The number of hydrogen-bond donors (Lipinski definition) is 0. The summed E-state index contributed by atoms with van der Waals surface area (Å²) in [5.41, 5.74) is 15.4. The van der Waals surface area contributed by atoms with Gasteiger partial charge in [0.15, 0.2) is 29.3 Å². The van der Waals surface area contributed by atoms with Gasteiger partial charge in [-0.2, -0.15) is 0 Å². The molecule has 0 aromatic heterocycles. The number of benzene rings is 6. The molecule has 0 fully saturated rings. The minimum Gasteiger partial charge on any atom is -0.478 e. The van der Waals surface area contributed by atoms with Gasteiger partial charge in [0.2, 0.25) is 0 Å². The van der Waals surface area contributed by atoms with Crippen molar-refractivity contribution >= 4 is 24.0 Å². The van der Waals surface area contributed by atoms with Gasteiger partial charge in [0.1, 0.15) is 5.76 Å². The monoisotopic (exact) mass is 701 g/mol. The van der Waals surface area contributed by atoms with E-state index in [0.717, 1.165) is 47.6 Å². The Balaban J connectivity index is 0.000000156. The van der Waals surface area contributed by atoms with Crippen molar-refractivity contribution in [3.05, 3.63) is 208 Å². The fraction of sp³-hybridized carbons (Fsp3) is 0.122. The van der Waals surface area contributed by atoms with Crippen molar-refractivity contribution in [2.45, 2.75) is 38.8 Å². The molecule has 0 N–H and O–H groups in total. The summed E-state index contributed by atoms with van der Waals surface area (Å²) < 4.78 is 12.2. The van der Waals surface area contributed by atoms with Crippen LogP contribution in [-0.4, -0.2) is 24.5 Å². The molecule has 1 atom stereocenters. The zero-order chi connectivity index (χ0) is 36.4. The Morgan fingerprint density at radius 3 is 2.15 bits per heavy atom. The molecule has 54 heavy (non-hydrogen) atoms. The topological polar surface area (TPSA) is 55.5 Å². The van der Waals surface area contributed by atoms with Crippen LogP contribution < -0.4 is 9.47 Å². The first-order valence-electron chi connectivity index (χ1n) is 18.5. The summed E-state index contributed by atoms with van der Waals surface area (Å²) in [6.45, 7) is 6.45. The number of para-hydroxylation sites is 2. The van der Waals surface area contributed by atoms with Crippen LogP contribution in [0.15, 0.2) is 178 Å². The van der Waals surface area contributed by atoms with E-state index in [4.69, 9.17) is 19.5 Å². The van der Waals surface area contributed by atoms with Crippen LogP contribution in [0, 0.1) is 6.92 Å². The lowest BCUT2D eigenvalue weighted by Gasteiger charge is -2.31. The summed E-state index contributed by atoms with van der Waals surface area (Å²) in [5.74, 6) is 3.83. The van der Waals surface area contributed by atoms with Crippen LogP contribution in [0.5, 0.6) is 11.5 Å². The average molecular weight is 702 g/mol. The summed E-state index contributed by atoms with van der Waals surface area (Å²) >= 11 is 0. The number of allylic oxidation sites excluding steroid dienone is 2. The van der Waals surface area contributed by atoms with Gasteiger partial charge < -0.3 is 9.47 Å². The van der Waals surface area contributed by atoms with Gasteiger partial charge >= 0.3 is 0 Å². The lowest BCUT2D eigenvalue weighted by atomic mass is 9.93. The maximum Gasteiger partial charge on any atom is 0.169 e. The van der Waals surface area contributed by atoms with Crippen LogP contribution in [-0.2, 0) is 19.4 Å². The molecule has 262 valence electrons. The highest BCUT2D eigenvalue weighted by molar-refractivity contribution is 6.12. The minimum atomic E-state index is 0.00445. The van der Waals surface area contributed by atoms with Crippen molar-refractivity contribution in [1.29, 1.82) is 0 Å². The lowest BCUT2D eigenvalue weighted by molar-refractivity contribution is 0.149. The predicted octanol–water partition coefficient (Wildman–Crippen LogP) is 10.8. The van der Waals surface area contributed by atoms with Gasteiger partial charge in [0.05, 0.1) is 6.54 Å². The Bertz CT molecular complexity index is 2530. The van der Waals surface area contributed by atoms with Gasteiger partial charge in [-0.1, -0.05) is 139 Å². The molecule has 5 heteroatoms. The minimum absolute atomic E-state index is 0.00445. The third kappa shape index (κ3) is 6.50. The van der Waals surface area contributed by atoms with E-state index in [1.807, 2.05) is 84.9 Å². The molecule has 0 radical (unpaired) electrons. The van der Waals surface area contributed by atoms with Crippen molar-refractivity contribution in [3.63, 3.8) is 0 Å². The van der Waals surface area contributed by atoms with E-state index in [2.05, 4.69) is 85.4 Å². The molecule has 1 unspecified atom stereocenters. The molecule has 0 spiro atoms. The molecule has 0 saturated heterocycles. The SMILES string of the molecule is C1=C2Oc3ccccc3OC2CC2=C1Cc1ccccc12.C=NC(=NC(=NCc1cccc2c1Cc1ccc(C)cc1-2)c1ccccc1)c1ccccc1. The first-order valence-corrected chi connectivity index (χ1v) is 18.5. The largest absolute Gasteiger partial charge is 0.478 e. The van der Waals surface area contributed by atoms with Crippen molar-refractivity contribution < 1.29 is 9.47 Å². The fourth-order valence-electron chi connectivity index (χ4n) is 7.84. The molecule has 0 saturated carbocycles. The van der Waals surface area contributed by atoms with E-state index in [1.165, 1.54) is 55.7 Å². The Hall–Kier alpha value is -6.59. The van der Waals surface area contributed by atoms with E-state index in [9.17, 15) is 0 Å². The summed E-state index contributed by atoms with van der Waals surface area (Å²) in [4.78, 5) is 14.0. The summed E-state index contributed by atoms with van der Waals surface area (Å²) in [6, 6.07) is 49.8. The van der Waals surface area contributed by atoms with Crippen LogP contribution >= 0.6 is 0 Å². The number of nitrogens with zero attached hydrogens (tertiary/aromatic N) is 3. The van der Waals surface area contributed by atoms with Crippen LogP contribution in [0.4, 0.5) is 0 Å². The molecule has 1 heterocycles. The number of rotatable bonds is 4. The molecule has 4 aliphatic rings. The van der Waals surface area contributed by atoms with Gasteiger partial charge in [-0.25, -0.2) is 9.98 Å². The molecule has 6 aromatic carbocycles. The van der Waals surface area contributed by atoms with Crippen LogP contribution in [0.3, 0.4) is 0 Å². The van der Waals surface area contributed by atoms with Crippen molar-refractivity contribution in [3.8, 4) is 22.6 Å². The fourth-order valence-corrected chi connectivity index (χ4v) is 7.84. The summed E-state index contributed by atoms with van der Waals surface area (Å²) in [5, 5.41) is 0. The molecule has 0 bridgehead atoms. The third-order valence-electron chi connectivity index (χ3n) is 10.5. The molecular formula is C49H39N3O2. The van der Waals surface area contributed by atoms with Gasteiger partial charge in [0.25, 0.3) is 0 Å². The smallest absolute Gasteiger partial charge is 0.169 e. The van der Waals surface area contributed by atoms with Gasteiger partial charge in [0, 0.05) is 17.5 Å². The van der Waals surface area contributed by atoms with Crippen LogP contribution in [0.25, 0.3) is 16.7 Å². The van der Waals surface area contributed by atoms with Crippen molar-refractivity contribution in [1.82, 2.24) is 0 Å². The van der Waals surface area contributed by atoms with Crippen molar-refractivity contribution in [2.24, 2.45) is 15.0 Å². The molecule has 1 aliphatic heterocycles. The number of aliphatic imine (C=N–C) groups is 3. The molecule has 10 rings (SSSR count). The zero-order valence-electron chi connectivity index (χ0n) is 30.2. The first-order chi connectivity index (χ1) is 26.6. The molecule has 3 aliphatic carbocycles. The highest BCUT2D eigenvalue weighted by Gasteiger charge is 2.34. The second-order valence-electron chi connectivity index (χ2n) is 14.0. The highest BCUT2D eigenvalue weighted by Crippen LogP contribution is 2.45. The Kier molecular flexibility index (Phi) is 8.89. The van der Waals surface area contributed by atoms with Gasteiger partial charge in [-0.15, -0.1) is 0 Å². The standard InChI is InChI=1S/C30H25N3.C19H14O2/c1-21-16-17-24-19-28-25(14-9-15-26(28)27(24)18-21)20-32-30(23-12-7-4-8-13-23)33-29(31-2)22-10-5-3-6-11-22;1-2-6-14-12(5-1)9-13-10-18-19(11-15(13)14)21-17-8-4-3-7-16(17)20-18/h3-18H,2,19-20H2,1H3;1-8,10,19H,9,11H2. The Morgan fingerprint density at radius 2 is 1.35 bits per heavy atom. The predicted molar refractivity (Wildman–Crippen MR) is 220 cm³/mol. The van der Waals surface area contributed by atoms with Crippen LogP contribution in [0.1, 0.15) is 50.9 Å². The number of amidine groups is 2. The maximum atomic E-state index is 6.13. The number of hydrogen-bond acceptors (Lipinski definition) is 3. The maximum absolute atomic E-state index is 6.13. The molecule has 5 nitrogen and oxygen atoms in total. The molecular weight excluding hydrogens is 663 g/mol. The summed E-state index contributed by atoms with van der Waals surface area (Å²) in [7, 11) is 0. The van der Waals surface area contributed by atoms with E-state index in [0.29, 0.717) is 18.2 Å². The lowest BCUT2D eigenvalue weighted by Crippen LogP contribution is -2.29. The second-order valence-corrected chi connectivity index (χ2v) is 14.0.